The number of carbonyl (C=O) groups excluding carboxylic acids is 4. The second-order valence-corrected chi connectivity index (χ2v) is 7.87. The van der Waals surface area contributed by atoms with Crippen LogP contribution in [0.5, 0.6) is 0 Å². The molecular formula is C26H27ClFN3O5. The first-order chi connectivity index (χ1) is 16.8. The van der Waals surface area contributed by atoms with Crippen LogP contribution in [0.3, 0.4) is 0 Å². The van der Waals surface area contributed by atoms with Crippen LogP contribution in [0, 0.1) is 5.82 Å². The summed E-state index contributed by atoms with van der Waals surface area (Å²) in [6, 6.07) is 14.6. The number of unbranched alkanes of at least 4 members (excludes halogenated alkanes) is 1. The van der Waals surface area contributed by atoms with Gasteiger partial charge in [-0.25, -0.2) is 9.18 Å². The van der Waals surface area contributed by atoms with E-state index in [-0.39, 0.29) is 30.1 Å². The zero-order valence-corrected chi connectivity index (χ0v) is 20.4. The first kappa shape index (κ1) is 28.4. The number of esters is 1. The predicted octanol–water partition coefficient (Wildman–Crippen LogP) is 3.62. The van der Waals surface area contributed by atoms with Gasteiger partial charge in [-0.15, -0.1) is 12.4 Å². The third-order valence-electron chi connectivity index (χ3n) is 5.43. The second-order valence-electron chi connectivity index (χ2n) is 7.87. The van der Waals surface area contributed by atoms with Gasteiger partial charge in [0.25, 0.3) is 17.6 Å². The Morgan fingerprint density at radius 2 is 1.69 bits per heavy atom. The monoisotopic (exact) mass is 515 g/mol. The summed E-state index contributed by atoms with van der Waals surface area (Å²) in [4.78, 5) is 50.4. The van der Waals surface area contributed by atoms with Crippen LogP contribution < -0.4 is 16.4 Å². The maximum absolute atomic E-state index is 14.0. The van der Waals surface area contributed by atoms with Gasteiger partial charge in [-0.3, -0.25) is 14.4 Å². The van der Waals surface area contributed by atoms with E-state index in [1.807, 2.05) is 24.3 Å². The maximum Gasteiger partial charge on any atom is 0.328 e. The molecule has 4 N–H and O–H groups in total. The lowest BCUT2D eigenvalue weighted by Gasteiger charge is -2.16. The molecule has 190 valence electrons. The van der Waals surface area contributed by atoms with Gasteiger partial charge in [-0.1, -0.05) is 30.3 Å². The highest BCUT2D eigenvalue weighted by atomic mass is 35.5. The lowest BCUT2D eigenvalue weighted by molar-refractivity contribution is -0.144. The number of hydrogen-bond acceptors (Lipinski definition) is 6. The van der Waals surface area contributed by atoms with E-state index in [2.05, 4.69) is 10.6 Å². The molecule has 8 nitrogen and oxygen atoms in total. The van der Waals surface area contributed by atoms with Crippen molar-refractivity contribution in [2.24, 2.45) is 5.73 Å². The van der Waals surface area contributed by atoms with Gasteiger partial charge in [0.15, 0.2) is 0 Å². The van der Waals surface area contributed by atoms with Crippen LogP contribution in [0.1, 0.15) is 40.0 Å². The highest BCUT2D eigenvalue weighted by Gasteiger charge is 2.27. The van der Waals surface area contributed by atoms with Crippen molar-refractivity contribution in [1.82, 2.24) is 5.32 Å². The van der Waals surface area contributed by atoms with E-state index in [1.54, 1.807) is 18.2 Å². The number of benzene rings is 3. The Bertz CT molecular complexity index is 1270. The third-order valence-corrected chi connectivity index (χ3v) is 5.43. The van der Waals surface area contributed by atoms with Gasteiger partial charge in [-0.2, -0.15) is 0 Å². The van der Waals surface area contributed by atoms with E-state index in [0.717, 1.165) is 22.9 Å². The molecule has 0 saturated heterocycles. The van der Waals surface area contributed by atoms with Crippen LogP contribution in [0.25, 0.3) is 10.8 Å². The summed E-state index contributed by atoms with van der Waals surface area (Å²) in [7, 11) is 1.17. The number of nitrogens with one attached hydrogen (secondary N) is 2. The standard InChI is InChI=1S/C26H26FN3O5.ClH/c1-35-26(34)22(8-4-5-13-28)30-25(33)23(31)20-15-19(27)11-12-21(20)29-24(32)18-10-9-16-6-2-3-7-17(16)14-18;/h2-3,6-7,9-12,14-15,22H,4-5,8,13,28H2,1H3,(H,29,32)(H,30,33);1H/t22-;/m0./s1. The average molecular weight is 516 g/mol. The van der Waals surface area contributed by atoms with Crippen molar-refractivity contribution in [3.8, 4) is 0 Å². The largest absolute Gasteiger partial charge is 0.467 e. The fourth-order valence-corrected chi connectivity index (χ4v) is 3.57. The summed E-state index contributed by atoms with van der Waals surface area (Å²) in [6.07, 6.45) is 1.36. The number of ether oxygens (including phenoxy) is 1. The van der Waals surface area contributed by atoms with Crippen LogP contribution in [-0.4, -0.2) is 43.3 Å². The number of amides is 2. The molecule has 3 rings (SSSR count). The molecule has 0 fully saturated rings. The normalized spacial score (nSPS) is 11.2. The minimum absolute atomic E-state index is 0. The number of ketones is 1. The van der Waals surface area contributed by atoms with Crippen LogP contribution >= 0.6 is 12.4 Å². The first-order valence-corrected chi connectivity index (χ1v) is 11.1. The summed E-state index contributed by atoms with van der Waals surface area (Å²) >= 11 is 0. The van der Waals surface area contributed by atoms with Gasteiger partial charge in [0, 0.05) is 5.56 Å². The topological polar surface area (TPSA) is 128 Å². The number of fused-ring (bicyclic) bond motifs is 1. The van der Waals surface area contributed by atoms with Crippen LogP contribution in [0.4, 0.5) is 10.1 Å². The molecule has 0 radical (unpaired) electrons. The van der Waals surface area contributed by atoms with Crippen LogP contribution in [0.15, 0.2) is 60.7 Å². The summed E-state index contributed by atoms with van der Waals surface area (Å²) < 4.78 is 18.7. The Labute approximate surface area is 213 Å². The van der Waals surface area contributed by atoms with Gasteiger partial charge in [0.1, 0.15) is 11.9 Å². The number of hydrogen-bond donors (Lipinski definition) is 3. The Morgan fingerprint density at radius 3 is 2.39 bits per heavy atom. The van der Waals surface area contributed by atoms with Crippen molar-refractivity contribution in [3.05, 3.63) is 77.6 Å². The molecule has 10 heteroatoms. The maximum atomic E-state index is 14.0. The van der Waals surface area contributed by atoms with Crippen molar-refractivity contribution in [1.29, 1.82) is 0 Å². The lowest BCUT2D eigenvalue weighted by Crippen LogP contribution is -2.44. The Morgan fingerprint density at radius 1 is 0.972 bits per heavy atom. The molecule has 1 atom stereocenters. The van der Waals surface area contributed by atoms with Gasteiger partial charge in [0.05, 0.1) is 18.4 Å². The zero-order chi connectivity index (χ0) is 25.4. The Kier molecular flexibility index (Phi) is 10.5. The number of carbonyl (C=O) groups is 4. The molecule has 36 heavy (non-hydrogen) atoms. The molecule has 3 aromatic rings. The molecule has 0 aliphatic heterocycles. The molecule has 3 aromatic carbocycles. The smallest absolute Gasteiger partial charge is 0.328 e. The minimum Gasteiger partial charge on any atom is -0.467 e. The summed E-state index contributed by atoms with van der Waals surface area (Å²) in [5.74, 6) is -4.25. The van der Waals surface area contributed by atoms with E-state index in [1.165, 1.54) is 13.2 Å². The van der Waals surface area contributed by atoms with Crippen molar-refractivity contribution >= 4 is 52.4 Å². The molecule has 0 saturated carbocycles. The minimum atomic E-state index is -1.13. The van der Waals surface area contributed by atoms with Gasteiger partial charge in [0.2, 0.25) is 0 Å². The molecular weight excluding hydrogens is 489 g/mol. The number of anilines is 1. The van der Waals surface area contributed by atoms with Crippen LogP contribution in [0.2, 0.25) is 0 Å². The van der Waals surface area contributed by atoms with Gasteiger partial charge < -0.3 is 21.1 Å². The predicted molar refractivity (Wildman–Crippen MR) is 137 cm³/mol. The molecule has 2 amide bonds. The molecule has 0 aliphatic rings. The van der Waals surface area contributed by atoms with E-state index in [9.17, 15) is 23.6 Å². The van der Waals surface area contributed by atoms with Gasteiger partial charge >= 0.3 is 5.97 Å². The molecule has 0 spiro atoms. The second kappa shape index (κ2) is 13.3. The number of nitrogens with two attached hydrogens (primary N) is 1. The summed E-state index contributed by atoms with van der Waals surface area (Å²) in [5, 5.41) is 6.70. The Hall–Kier alpha value is -3.82. The number of halogens is 2. The number of rotatable bonds is 10. The number of methoxy groups -OCH3 is 1. The quantitative estimate of drug-likeness (QED) is 0.164. The zero-order valence-electron chi connectivity index (χ0n) is 19.6. The summed E-state index contributed by atoms with van der Waals surface area (Å²) in [5.41, 5.74) is 5.40. The van der Waals surface area contributed by atoms with E-state index >= 15 is 0 Å². The van der Waals surface area contributed by atoms with Crippen LogP contribution in [-0.2, 0) is 14.3 Å². The highest BCUT2D eigenvalue weighted by molar-refractivity contribution is 6.44. The molecule has 0 bridgehead atoms. The van der Waals surface area contributed by atoms with E-state index in [0.29, 0.717) is 24.9 Å². The molecule has 0 aromatic heterocycles. The van der Waals surface area contributed by atoms with E-state index in [4.69, 9.17) is 10.5 Å². The SMILES string of the molecule is COC(=O)[C@H](CCCCN)NC(=O)C(=O)c1cc(F)ccc1NC(=O)c1ccc2ccccc2c1.Cl. The van der Waals surface area contributed by atoms with Crippen molar-refractivity contribution in [3.63, 3.8) is 0 Å². The number of Topliss-reactive ketones (excluding diaryl/α,β-unsaturated/α-hetero) is 1. The lowest BCUT2D eigenvalue weighted by atomic mass is 10.0. The molecule has 0 unspecified atom stereocenters. The highest BCUT2D eigenvalue weighted by Crippen LogP contribution is 2.21. The Balaban J connectivity index is 0.00000456. The fraction of sp³-hybridized carbons (Fsp3) is 0.231. The molecule has 0 aliphatic carbocycles. The average Bonchev–Trinajstić information content (AvgIpc) is 2.87. The third kappa shape index (κ3) is 7.10. The first-order valence-electron chi connectivity index (χ1n) is 11.1. The van der Waals surface area contributed by atoms with Crippen molar-refractivity contribution in [2.75, 3.05) is 19.0 Å². The van der Waals surface area contributed by atoms with E-state index < -0.39 is 35.4 Å². The molecule has 0 heterocycles. The van der Waals surface area contributed by atoms with Crippen molar-refractivity contribution < 1.29 is 28.3 Å². The van der Waals surface area contributed by atoms with Crippen molar-refractivity contribution in [2.45, 2.75) is 25.3 Å². The summed E-state index contributed by atoms with van der Waals surface area (Å²) in [6.45, 7) is 0.407. The van der Waals surface area contributed by atoms with Gasteiger partial charge in [-0.05, 0) is 66.9 Å². The fourth-order valence-electron chi connectivity index (χ4n) is 3.57.